The molecule has 4 aromatic rings. The number of nitrogens with one attached hydrogen (secondary N) is 2. The lowest BCUT2D eigenvalue weighted by molar-refractivity contribution is -0.141. The smallest absolute Gasteiger partial charge is 0.254 e. The van der Waals surface area contributed by atoms with E-state index in [1.165, 1.54) is 0 Å². The summed E-state index contributed by atoms with van der Waals surface area (Å²) in [6.07, 6.45) is 1.64. The monoisotopic (exact) mass is 707 g/mol. The minimum absolute atomic E-state index is 0.0441. The molecule has 0 spiro atoms. The van der Waals surface area contributed by atoms with Crippen molar-refractivity contribution in [2.75, 3.05) is 39.9 Å². The van der Waals surface area contributed by atoms with E-state index in [1.807, 2.05) is 67.6 Å². The average molecular weight is 708 g/mol. The molecule has 1 saturated heterocycles. The standard InChI is InChI=1S/C40H45N5O7/c1-26-10-7-8-13-31(26)40(49)44-19-16-29(17-20-44)39(48)45-18-9-21-51-35-23-30(14-15-34(35)50-3)38-43-33(27(2)52-38)24-41-37(47)32(42-36(46)25-45)22-28-11-5-4-6-12-28/h4-8,10-15,23,29,32H,9,16-22,24-25H2,1-3H3,(H,41,47)(H,42,46)/t32-/m1/s1. The molecule has 0 radical (unpaired) electrons. The molecule has 2 aliphatic heterocycles. The molecular weight excluding hydrogens is 662 g/mol. The van der Waals surface area contributed by atoms with Gasteiger partial charge in [0.1, 0.15) is 17.5 Å². The molecule has 52 heavy (non-hydrogen) atoms. The number of hydrogen-bond donors (Lipinski definition) is 2. The van der Waals surface area contributed by atoms with Gasteiger partial charge in [-0.25, -0.2) is 4.98 Å². The predicted octanol–water partition coefficient (Wildman–Crippen LogP) is 4.47. The first-order valence-electron chi connectivity index (χ1n) is 17.7. The number of ether oxygens (including phenoxy) is 2. The zero-order valence-corrected chi connectivity index (χ0v) is 29.9. The van der Waals surface area contributed by atoms with Gasteiger partial charge in [-0.3, -0.25) is 19.2 Å². The van der Waals surface area contributed by atoms with E-state index in [4.69, 9.17) is 13.9 Å². The fourth-order valence-electron chi connectivity index (χ4n) is 6.68. The van der Waals surface area contributed by atoms with Crippen LogP contribution < -0.4 is 20.1 Å². The van der Waals surface area contributed by atoms with Crippen molar-refractivity contribution < 1.29 is 33.1 Å². The van der Waals surface area contributed by atoms with Crippen molar-refractivity contribution in [1.29, 1.82) is 0 Å². The van der Waals surface area contributed by atoms with Gasteiger partial charge in [-0.1, -0.05) is 48.5 Å². The van der Waals surface area contributed by atoms with Gasteiger partial charge >= 0.3 is 0 Å². The molecule has 272 valence electrons. The first-order valence-corrected chi connectivity index (χ1v) is 17.7. The molecule has 6 rings (SSSR count). The third-order valence-corrected chi connectivity index (χ3v) is 9.65. The van der Waals surface area contributed by atoms with Crippen LogP contribution in [0.25, 0.3) is 11.5 Å². The fraction of sp³-hybridized carbons (Fsp3) is 0.375. The highest BCUT2D eigenvalue weighted by Gasteiger charge is 2.32. The van der Waals surface area contributed by atoms with Gasteiger partial charge in [0, 0.05) is 43.1 Å². The number of fused-ring (bicyclic) bond motifs is 5. The molecule has 12 heteroatoms. The number of benzene rings is 3. The molecule has 12 nitrogen and oxygen atoms in total. The number of carbonyl (C=O) groups excluding carboxylic acids is 4. The van der Waals surface area contributed by atoms with Gasteiger partial charge in [-0.2, -0.15) is 0 Å². The molecule has 3 heterocycles. The Kier molecular flexibility index (Phi) is 11.5. The number of rotatable bonds is 5. The van der Waals surface area contributed by atoms with Crippen LogP contribution >= 0.6 is 0 Å². The van der Waals surface area contributed by atoms with Crippen LogP contribution in [0.3, 0.4) is 0 Å². The van der Waals surface area contributed by atoms with Crippen LogP contribution in [-0.4, -0.2) is 84.4 Å². The van der Waals surface area contributed by atoms with Crippen molar-refractivity contribution >= 4 is 23.6 Å². The van der Waals surface area contributed by atoms with E-state index in [0.29, 0.717) is 72.3 Å². The summed E-state index contributed by atoms with van der Waals surface area (Å²) in [5, 5.41) is 5.82. The zero-order chi connectivity index (χ0) is 36.6. The number of hydrogen-bond acceptors (Lipinski definition) is 8. The van der Waals surface area contributed by atoms with E-state index >= 15 is 0 Å². The van der Waals surface area contributed by atoms with Crippen molar-refractivity contribution in [3.05, 3.63) is 101 Å². The Labute approximate surface area is 303 Å². The summed E-state index contributed by atoms with van der Waals surface area (Å²) in [7, 11) is 1.56. The molecular formula is C40H45N5O7. The van der Waals surface area contributed by atoms with Gasteiger partial charge in [0.25, 0.3) is 5.91 Å². The first kappa shape index (κ1) is 36.2. The summed E-state index contributed by atoms with van der Waals surface area (Å²) in [6, 6.07) is 21.4. The first-order chi connectivity index (χ1) is 25.2. The lowest BCUT2D eigenvalue weighted by Crippen LogP contribution is -2.52. The summed E-state index contributed by atoms with van der Waals surface area (Å²) in [6.45, 7) is 4.91. The van der Waals surface area contributed by atoms with Crippen LogP contribution in [-0.2, 0) is 27.3 Å². The number of methoxy groups -OCH3 is 1. The lowest BCUT2D eigenvalue weighted by Gasteiger charge is -2.34. The Hall–Kier alpha value is -5.65. The number of aryl methyl sites for hydroxylation is 2. The van der Waals surface area contributed by atoms with E-state index in [1.54, 1.807) is 36.0 Å². The molecule has 4 bridgehead atoms. The van der Waals surface area contributed by atoms with Crippen LogP contribution in [0.2, 0.25) is 0 Å². The Morgan fingerprint density at radius 3 is 2.44 bits per heavy atom. The molecule has 0 unspecified atom stereocenters. The molecule has 0 saturated carbocycles. The second kappa shape index (κ2) is 16.6. The highest BCUT2D eigenvalue weighted by molar-refractivity contribution is 5.96. The van der Waals surface area contributed by atoms with Crippen LogP contribution in [0.5, 0.6) is 11.5 Å². The van der Waals surface area contributed by atoms with E-state index in [2.05, 4.69) is 15.6 Å². The Balaban J connectivity index is 1.22. The normalized spacial score (nSPS) is 17.6. The fourth-order valence-corrected chi connectivity index (χ4v) is 6.68. The maximum Gasteiger partial charge on any atom is 0.254 e. The van der Waals surface area contributed by atoms with Gasteiger partial charge in [0.2, 0.25) is 23.6 Å². The summed E-state index contributed by atoms with van der Waals surface area (Å²) in [4.78, 5) is 62.7. The van der Waals surface area contributed by atoms with E-state index in [9.17, 15) is 19.2 Å². The summed E-state index contributed by atoms with van der Waals surface area (Å²) >= 11 is 0. The minimum Gasteiger partial charge on any atom is -0.493 e. The van der Waals surface area contributed by atoms with Crippen molar-refractivity contribution in [3.63, 3.8) is 0 Å². The van der Waals surface area contributed by atoms with E-state index < -0.39 is 11.9 Å². The number of oxazole rings is 1. The topological polar surface area (TPSA) is 143 Å². The third-order valence-electron chi connectivity index (χ3n) is 9.65. The molecule has 1 atom stereocenters. The number of piperidine rings is 1. The van der Waals surface area contributed by atoms with E-state index in [-0.39, 0.29) is 56.3 Å². The van der Waals surface area contributed by atoms with Gasteiger partial charge in [0.05, 0.1) is 26.8 Å². The number of nitrogens with zero attached hydrogens (tertiary/aromatic N) is 3. The minimum atomic E-state index is -0.902. The largest absolute Gasteiger partial charge is 0.493 e. The molecule has 4 amide bonds. The number of carbonyl (C=O) groups is 4. The SMILES string of the molecule is COc1ccc2cc1OCCCN(C(=O)C1CCN(C(=O)c3ccccc3C)CC1)CC(=O)N[C@H](Cc1ccccc1)C(=O)NCc1nc-2oc1C. The second-order valence-electron chi connectivity index (χ2n) is 13.3. The van der Waals surface area contributed by atoms with Crippen LogP contribution in [0.15, 0.2) is 77.2 Å². The second-order valence-corrected chi connectivity index (χ2v) is 13.3. The van der Waals surface area contributed by atoms with Crippen LogP contribution in [0.1, 0.15) is 52.2 Å². The number of amides is 4. The van der Waals surface area contributed by atoms with Crippen molar-refractivity contribution in [1.82, 2.24) is 25.4 Å². The van der Waals surface area contributed by atoms with Gasteiger partial charge in [0.15, 0.2) is 11.5 Å². The maximum atomic E-state index is 14.1. The summed E-state index contributed by atoms with van der Waals surface area (Å²) in [5.41, 5.74) is 3.67. The predicted molar refractivity (Wildman–Crippen MR) is 194 cm³/mol. The molecule has 0 aliphatic carbocycles. The number of likely N-dealkylation sites (tertiary alicyclic amines) is 1. The lowest BCUT2D eigenvalue weighted by atomic mass is 9.94. The maximum absolute atomic E-state index is 14.1. The summed E-state index contributed by atoms with van der Waals surface area (Å²) < 4.78 is 17.6. The highest BCUT2D eigenvalue weighted by atomic mass is 16.5. The quantitative estimate of drug-likeness (QED) is 0.310. The van der Waals surface area contributed by atoms with E-state index in [0.717, 1.165) is 11.1 Å². The van der Waals surface area contributed by atoms with Crippen molar-refractivity contribution in [2.45, 2.75) is 52.1 Å². The highest BCUT2D eigenvalue weighted by Crippen LogP contribution is 2.33. The van der Waals surface area contributed by atoms with Gasteiger partial charge in [-0.05, 0) is 68.5 Å². The van der Waals surface area contributed by atoms with Crippen LogP contribution in [0.4, 0.5) is 0 Å². The molecule has 3 aromatic carbocycles. The van der Waals surface area contributed by atoms with Crippen molar-refractivity contribution in [2.24, 2.45) is 5.92 Å². The third kappa shape index (κ3) is 8.62. The van der Waals surface area contributed by atoms with Gasteiger partial charge < -0.3 is 34.3 Å². The van der Waals surface area contributed by atoms with Gasteiger partial charge in [-0.15, -0.1) is 0 Å². The molecule has 1 aromatic heterocycles. The molecule has 2 aliphatic rings. The number of aromatic nitrogens is 1. The zero-order valence-electron chi connectivity index (χ0n) is 29.9. The Morgan fingerprint density at radius 1 is 0.942 bits per heavy atom. The summed E-state index contributed by atoms with van der Waals surface area (Å²) in [5.74, 6) is 0.527. The average Bonchev–Trinajstić information content (AvgIpc) is 3.54. The Morgan fingerprint density at radius 2 is 1.69 bits per heavy atom. The Bertz CT molecular complexity index is 1900. The van der Waals surface area contributed by atoms with Crippen LogP contribution in [0, 0.1) is 19.8 Å². The molecule has 1 fully saturated rings. The molecule has 2 N–H and O–H groups in total. The van der Waals surface area contributed by atoms with Crippen molar-refractivity contribution in [3.8, 4) is 23.0 Å².